The first-order chi connectivity index (χ1) is 8.79. The second-order valence-corrected chi connectivity index (χ2v) is 6.31. The van der Waals surface area contributed by atoms with Crippen molar-refractivity contribution < 1.29 is 0 Å². The van der Waals surface area contributed by atoms with Gasteiger partial charge in [0.15, 0.2) is 11.0 Å². The number of nitrogens with two attached hydrogens (primary N) is 1. The fraction of sp³-hybridized carbons (Fsp3) is 0.400. The smallest absolute Gasteiger partial charge is 0.234 e. The fourth-order valence-electron chi connectivity index (χ4n) is 1.90. The molecule has 0 radical (unpaired) electrons. The minimum atomic E-state index is 0.560. The Morgan fingerprint density at radius 1 is 1.39 bits per heavy atom. The number of nitrogens with zero attached hydrogens (tertiary/aromatic N) is 5. The van der Waals surface area contributed by atoms with Crippen LogP contribution in [0, 0.1) is 0 Å². The maximum absolute atomic E-state index is 5.62. The molecule has 1 fully saturated rings. The van der Waals surface area contributed by atoms with Gasteiger partial charge in [0.25, 0.3) is 0 Å². The van der Waals surface area contributed by atoms with Gasteiger partial charge in [0.2, 0.25) is 4.96 Å². The zero-order valence-corrected chi connectivity index (χ0v) is 11.0. The predicted molar refractivity (Wildman–Crippen MR) is 70.0 cm³/mol. The number of hydrogen-bond acceptors (Lipinski definition) is 7. The summed E-state index contributed by atoms with van der Waals surface area (Å²) in [6.45, 7) is 0. The van der Waals surface area contributed by atoms with Crippen molar-refractivity contribution in [1.29, 1.82) is 0 Å². The fourth-order valence-corrected chi connectivity index (χ4v) is 3.32. The molecule has 0 amide bonds. The first-order valence-corrected chi connectivity index (χ1v) is 7.40. The van der Waals surface area contributed by atoms with E-state index in [-0.39, 0.29) is 0 Å². The van der Waals surface area contributed by atoms with Crippen LogP contribution in [0.1, 0.15) is 35.3 Å². The number of anilines is 1. The lowest BCUT2D eigenvalue weighted by Gasteiger charge is -1.91. The van der Waals surface area contributed by atoms with Crippen molar-refractivity contribution in [1.82, 2.24) is 24.8 Å². The van der Waals surface area contributed by atoms with Gasteiger partial charge in [-0.3, -0.25) is 0 Å². The summed E-state index contributed by atoms with van der Waals surface area (Å²) in [5.41, 5.74) is 6.59. The van der Waals surface area contributed by atoms with Crippen LogP contribution in [0.2, 0.25) is 0 Å². The average molecular weight is 278 g/mol. The Bertz CT molecular complexity index is 707. The Morgan fingerprint density at radius 2 is 2.28 bits per heavy atom. The molecule has 0 saturated heterocycles. The summed E-state index contributed by atoms with van der Waals surface area (Å²) in [6, 6.07) is 0. The second kappa shape index (κ2) is 3.72. The van der Waals surface area contributed by atoms with E-state index in [0.717, 1.165) is 21.5 Å². The van der Waals surface area contributed by atoms with E-state index in [4.69, 9.17) is 5.73 Å². The van der Waals surface area contributed by atoms with E-state index in [0.29, 0.717) is 17.5 Å². The summed E-state index contributed by atoms with van der Waals surface area (Å²) >= 11 is 3.03. The van der Waals surface area contributed by atoms with E-state index in [1.54, 1.807) is 11.3 Å². The van der Waals surface area contributed by atoms with E-state index < -0.39 is 0 Å². The highest BCUT2D eigenvalue weighted by atomic mass is 32.1. The number of rotatable bonds is 3. The van der Waals surface area contributed by atoms with Crippen molar-refractivity contribution in [3.05, 3.63) is 21.9 Å². The Kier molecular flexibility index (Phi) is 2.15. The van der Waals surface area contributed by atoms with Crippen molar-refractivity contribution in [3.63, 3.8) is 0 Å². The first kappa shape index (κ1) is 10.4. The molecule has 18 heavy (non-hydrogen) atoms. The third kappa shape index (κ3) is 1.68. The summed E-state index contributed by atoms with van der Waals surface area (Å²) in [5.74, 6) is 1.56. The topological polar surface area (TPSA) is 82.0 Å². The zero-order valence-electron chi connectivity index (χ0n) is 9.41. The molecule has 3 aromatic heterocycles. The van der Waals surface area contributed by atoms with Crippen LogP contribution in [-0.2, 0) is 6.42 Å². The first-order valence-electron chi connectivity index (χ1n) is 5.70. The molecular weight excluding hydrogens is 268 g/mol. The standard InChI is InChI=1S/C10H10N6S2/c11-9-12-6(4-17-9)3-7-15-16-8(5-1-2-5)13-14-10(16)18-7/h4-5H,1-3H2,(H2,11,12). The molecule has 8 heteroatoms. The van der Waals surface area contributed by atoms with E-state index in [2.05, 4.69) is 20.3 Å². The molecule has 1 saturated carbocycles. The molecule has 6 nitrogen and oxygen atoms in total. The van der Waals surface area contributed by atoms with Crippen LogP contribution in [0.4, 0.5) is 5.13 Å². The maximum Gasteiger partial charge on any atom is 0.234 e. The van der Waals surface area contributed by atoms with E-state index in [1.165, 1.54) is 24.2 Å². The van der Waals surface area contributed by atoms with Crippen LogP contribution in [0.3, 0.4) is 0 Å². The average Bonchev–Trinajstić information content (AvgIpc) is 2.79. The molecule has 4 rings (SSSR count). The van der Waals surface area contributed by atoms with Gasteiger partial charge < -0.3 is 5.73 Å². The molecule has 2 N–H and O–H groups in total. The monoisotopic (exact) mass is 278 g/mol. The summed E-state index contributed by atoms with van der Waals surface area (Å²) in [4.78, 5) is 5.12. The van der Waals surface area contributed by atoms with Crippen molar-refractivity contribution >= 4 is 32.8 Å². The van der Waals surface area contributed by atoms with Crippen LogP contribution in [0.25, 0.3) is 4.96 Å². The number of hydrogen-bond donors (Lipinski definition) is 1. The third-order valence-corrected chi connectivity index (χ3v) is 4.52. The molecule has 3 aromatic rings. The molecule has 0 atom stereocenters. The van der Waals surface area contributed by atoms with E-state index in [1.807, 2.05) is 9.90 Å². The van der Waals surface area contributed by atoms with Gasteiger partial charge >= 0.3 is 0 Å². The van der Waals surface area contributed by atoms with Gasteiger partial charge in [0.05, 0.1) is 5.69 Å². The molecule has 0 unspecified atom stereocenters. The van der Waals surface area contributed by atoms with Crippen LogP contribution in [-0.4, -0.2) is 24.8 Å². The lowest BCUT2D eigenvalue weighted by Crippen LogP contribution is -1.95. The lowest BCUT2D eigenvalue weighted by molar-refractivity contribution is 0.807. The molecule has 1 aliphatic rings. The highest BCUT2D eigenvalue weighted by Crippen LogP contribution is 2.39. The highest BCUT2D eigenvalue weighted by molar-refractivity contribution is 7.16. The van der Waals surface area contributed by atoms with Crippen LogP contribution in [0.15, 0.2) is 5.38 Å². The predicted octanol–water partition coefficient (Wildman–Crippen LogP) is 1.69. The van der Waals surface area contributed by atoms with Gasteiger partial charge in [-0.05, 0) is 12.8 Å². The summed E-state index contributed by atoms with van der Waals surface area (Å²) in [5, 5.41) is 16.5. The number of nitrogen functional groups attached to an aromatic ring is 1. The SMILES string of the molecule is Nc1nc(Cc2nn3c(C4CC4)nnc3s2)cs1. The van der Waals surface area contributed by atoms with Gasteiger partial charge in [0, 0.05) is 17.7 Å². The van der Waals surface area contributed by atoms with Crippen LogP contribution >= 0.6 is 22.7 Å². The summed E-state index contributed by atoms with van der Waals surface area (Å²) in [6.07, 6.45) is 3.12. The van der Waals surface area contributed by atoms with E-state index in [9.17, 15) is 0 Å². The minimum Gasteiger partial charge on any atom is -0.375 e. The van der Waals surface area contributed by atoms with Gasteiger partial charge in [-0.25, -0.2) is 4.98 Å². The number of fused-ring (bicyclic) bond motifs is 1. The van der Waals surface area contributed by atoms with Crippen molar-refractivity contribution in [2.75, 3.05) is 5.73 Å². The zero-order chi connectivity index (χ0) is 12.1. The number of thiazole rings is 1. The summed E-state index contributed by atoms with van der Waals surface area (Å²) < 4.78 is 1.88. The normalized spacial score (nSPS) is 15.6. The molecule has 3 heterocycles. The van der Waals surface area contributed by atoms with Crippen molar-refractivity contribution in [2.45, 2.75) is 25.2 Å². The van der Waals surface area contributed by atoms with Crippen molar-refractivity contribution in [3.8, 4) is 0 Å². The lowest BCUT2D eigenvalue weighted by atomic mass is 10.4. The molecule has 0 aliphatic heterocycles. The molecule has 92 valence electrons. The van der Waals surface area contributed by atoms with Crippen molar-refractivity contribution in [2.24, 2.45) is 0 Å². The maximum atomic E-state index is 5.62. The van der Waals surface area contributed by atoms with E-state index >= 15 is 0 Å². The third-order valence-electron chi connectivity index (χ3n) is 2.90. The quantitative estimate of drug-likeness (QED) is 0.788. The highest BCUT2D eigenvalue weighted by Gasteiger charge is 2.30. The van der Waals surface area contributed by atoms with Gasteiger partial charge in [-0.1, -0.05) is 11.3 Å². The molecule has 0 spiro atoms. The Balaban J connectivity index is 1.68. The minimum absolute atomic E-state index is 0.560. The largest absolute Gasteiger partial charge is 0.375 e. The van der Waals surface area contributed by atoms with Gasteiger partial charge in [-0.15, -0.1) is 21.5 Å². The molecular formula is C10H10N6S2. The van der Waals surface area contributed by atoms with Gasteiger partial charge in [-0.2, -0.15) is 9.61 Å². The molecule has 0 aromatic carbocycles. The Morgan fingerprint density at radius 3 is 3.00 bits per heavy atom. The molecule has 1 aliphatic carbocycles. The Hall–Kier alpha value is -1.54. The van der Waals surface area contributed by atoms with Gasteiger partial charge in [0.1, 0.15) is 5.01 Å². The number of aromatic nitrogens is 5. The summed E-state index contributed by atoms with van der Waals surface area (Å²) in [7, 11) is 0. The second-order valence-electron chi connectivity index (χ2n) is 4.38. The van der Waals surface area contributed by atoms with Crippen LogP contribution < -0.4 is 5.73 Å². The Labute approximate surface area is 110 Å². The molecule has 0 bridgehead atoms. The van der Waals surface area contributed by atoms with Crippen LogP contribution in [0.5, 0.6) is 0 Å².